The zero-order chi connectivity index (χ0) is 14.5. The van der Waals surface area contributed by atoms with Crippen LogP contribution in [0.1, 0.15) is 69.5 Å². The average Bonchev–Trinajstić information content (AvgIpc) is 3.17. The number of hydrogen-bond donors (Lipinski definition) is 0. The maximum Gasteiger partial charge on any atom is 0.331 e. The largest absolute Gasteiger partial charge is 0.459 e. The van der Waals surface area contributed by atoms with Crippen LogP contribution < -0.4 is 0 Å². The zero-order valence-corrected chi connectivity index (χ0v) is 12.4. The summed E-state index contributed by atoms with van der Waals surface area (Å²) in [6, 6.07) is 0.471. The third-order valence-corrected chi connectivity index (χ3v) is 4.45. The van der Waals surface area contributed by atoms with E-state index in [9.17, 15) is 4.79 Å². The summed E-state index contributed by atoms with van der Waals surface area (Å²) in [4.78, 5) is 11.7. The van der Waals surface area contributed by atoms with Crippen LogP contribution in [-0.2, 0) is 9.53 Å². The van der Waals surface area contributed by atoms with E-state index in [1.54, 1.807) is 6.08 Å². The summed E-state index contributed by atoms with van der Waals surface area (Å²) in [6.45, 7) is 0. The first kappa shape index (κ1) is 14.3. The van der Waals surface area contributed by atoms with Crippen LogP contribution in [0.25, 0.3) is 6.08 Å². The molecule has 0 N–H and O–H groups in total. The second kappa shape index (κ2) is 6.87. The van der Waals surface area contributed by atoms with Gasteiger partial charge in [0.15, 0.2) is 0 Å². The van der Waals surface area contributed by atoms with Crippen molar-refractivity contribution < 1.29 is 9.53 Å². The standard InChI is InChI=1S/C16H23N3O2/c20-16(21-15-8-4-5-9-15)11-10-13-12-19(18-17-13)14-6-2-1-3-7-14/h10-12,14-15H,1-9H2/b11-10-. The minimum atomic E-state index is -0.269. The van der Waals surface area contributed by atoms with E-state index in [2.05, 4.69) is 10.3 Å². The number of esters is 1. The Morgan fingerprint density at radius 2 is 1.86 bits per heavy atom. The van der Waals surface area contributed by atoms with Gasteiger partial charge in [0, 0.05) is 6.08 Å². The molecular weight excluding hydrogens is 266 g/mol. The zero-order valence-electron chi connectivity index (χ0n) is 12.4. The van der Waals surface area contributed by atoms with Gasteiger partial charge in [-0.25, -0.2) is 9.48 Å². The highest BCUT2D eigenvalue weighted by atomic mass is 16.5. The van der Waals surface area contributed by atoms with Crippen LogP contribution in [0.5, 0.6) is 0 Å². The van der Waals surface area contributed by atoms with Crippen molar-refractivity contribution in [2.24, 2.45) is 0 Å². The number of aromatic nitrogens is 3. The minimum absolute atomic E-state index is 0.111. The summed E-state index contributed by atoms with van der Waals surface area (Å²) < 4.78 is 7.32. The first-order valence-corrected chi connectivity index (χ1v) is 8.12. The van der Waals surface area contributed by atoms with Crippen molar-refractivity contribution in [2.75, 3.05) is 0 Å². The third kappa shape index (κ3) is 3.93. The fraction of sp³-hybridized carbons (Fsp3) is 0.688. The van der Waals surface area contributed by atoms with Crippen LogP contribution >= 0.6 is 0 Å². The first-order valence-electron chi connectivity index (χ1n) is 8.12. The fourth-order valence-electron chi connectivity index (χ4n) is 3.25. The van der Waals surface area contributed by atoms with Crippen molar-refractivity contribution in [3.8, 4) is 0 Å². The lowest BCUT2D eigenvalue weighted by Crippen LogP contribution is -2.13. The molecule has 2 saturated carbocycles. The fourth-order valence-corrected chi connectivity index (χ4v) is 3.25. The highest BCUT2D eigenvalue weighted by Gasteiger charge is 2.18. The van der Waals surface area contributed by atoms with E-state index in [-0.39, 0.29) is 12.1 Å². The highest BCUT2D eigenvalue weighted by Crippen LogP contribution is 2.27. The molecule has 3 rings (SSSR count). The molecule has 1 aromatic rings. The van der Waals surface area contributed by atoms with E-state index in [4.69, 9.17) is 4.74 Å². The van der Waals surface area contributed by atoms with Crippen LogP contribution in [0, 0.1) is 0 Å². The van der Waals surface area contributed by atoms with Gasteiger partial charge < -0.3 is 4.74 Å². The van der Waals surface area contributed by atoms with Crippen molar-refractivity contribution in [1.82, 2.24) is 15.0 Å². The van der Waals surface area contributed by atoms with Gasteiger partial charge in [-0.05, 0) is 44.6 Å². The number of ether oxygens (including phenoxy) is 1. The summed E-state index contributed by atoms with van der Waals surface area (Å²) in [5, 5.41) is 8.30. The van der Waals surface area contributed by atoms with Gasteiger partial charge in [-0.1, -0.05) is 24.5 Å². The summed E-state index contributed by atoms with van der Waals surface area (Å²) in [5.74, 6) is -0.269. The van der Waals surface area contributed by atoms with Gasteiger partial charge in [0.2, 0.25) is 0 Å². The van der Waals surface area contributed by atoms with Gasteiger partial charge in [0.25, 0.3) is 0 Å². The van der Waals surface area contributed by atoms with Crippen LogP contribution in [0.4, 0.5) is 0 Å². The molecule has 0 unspecified atom stereocenters. The van der Waals surface area contributed by atoms with Crippen molar-refractivity contribution >= 4 is 12.0 Å². The molecule has 5 heteroatoms. The first-order chi connectivity index (χ1) is 10.3. The van der Waals surface area contributed by atoms with E-state index in [1.807, 2.05) is 10.9 Å². The van der Waals surface area contributed by atoms with Crippen LogP contribution in [0.3, 0.4) is 0 Å². The number of rotatable bonds is 4. The SMILES string of the molecule is O=C(/C=C\c1cn(C2CCCCC2)nn1)OC1CCCC1. The van der Waals surface area contributed by atoms with Gasteiger partial charge in [-0.3, -0.25) is 0 Å². The van der Waals surface area contributed by atoms with Crippen molar-refractivity contribution in [2.45, 2.75) is 69.9 Å². The molecule has 21 heavy (non-hydrogen) atoms. The van der Waals surface area contributed by atoms with Crippen molar-refractivity contribution in [3.63, 3.8) is 0 Å². The Labute approximate surface area is 125 Å². The molecular formula is C16H23N3O2. The van der Waals surface area contributed by atoms with Crippen molar-refractivity contribution in [3.05, 3.63) is 18.0 Å². The van der Waals surface area contributed by atoms with Gasteiger partial charge in [0.1, 0.15) is 11.8 Å². The van der Waals surface area contributed by atoms with E-state index in [1.165, 1.54) is 38.2 Å². The Bertz CT molecular complexity index is 497. The molecule has 0 aliphatic heterocycles. The Morgan fingerprint density at radius 3 is 2.62 bits per heavy atom. The maximum absolute atomic E-state index is 11.7. The van der Waals surface area contributed by atoms with Crippen LogP contribution in [0.2, 0.25) is 0 Å². The van der Waals surface area contributed by atoms with Gasteiger partial charge in [-0.15, -0.1) is 5.10 Å². The number of nitrogens with zero attached hydrogens (tertiary/aromatic N) is 3. The molecule has 0 aromatic carbocycles. The number of carbonyl (C=O) groups excluding carboxylic acids is 1. The number of carbonyl (C=O) groups is 1. The lowest BCUT2D eigenvalue weighted by molar-refractivity contribution is -0.142. The average molecular weight is 289 g/mol. The molecule has 0 bridgehead atoms. The predicted molar refractivity (Wildman–Crippen MR) is 79.5 cm³/mol. The van der Waals surface area contributed by atoms with Gasteiger partial charge in [0.05, 0.1) is 12.2 Å². The molecule has 0 atom stereocenters. The smallest absolute Gasteiger partial charge is 0.331 e. The molecule has 1 heterocycles. The lowest BCUT2D eigenvalue weighted by Gasteiger charge is -2.20. The van der Waals surface area contributed by atoms with E-state index >= 15 is 0 Å². The predicted octanol–water partition coefficient (Wildman–Crippen LogP) is 3.28. The van der Waals surface area contributed by atoms with Gasteiger partial charge in [-0.2, -0.15) is 0 Å². The third-order valence-electron chi connectivity index (χ3n) is 4.45. The van der Waals surface area contributed by atoms with E-state index < -0.39 is 0 Å². The molecule has 2 fully saturated rings. The molecule has 1 aromatic heterocycles. The molecule has 2 aliphatic rings. The normalized spacial score (nSPS) is 21.1. The number of hydrogen-bond acceptors (Lipinski definition) is 4. The molecule has 114 valence electrons. The monoisotopic (exact) mass is 289 g/mol. The Balaban J connectivity index is 1.53. The van der Waals surface area contributed by atoms with Crippen LogP contribution in [-0.4, -0.2) is 27.1 Å². The Hall–Kier alpha value is -1.65. The Morgan fingerprint density at radius 1 is 1.14 bits per heavy atom. The quantitative estimate of drug-likeness (QED) is 0.630. The van der Waals surface area contributed by atoms with Gasteiger partial charge >= 0.3 is 5.97 Å². The second-order valence-corrected chi connectivity index (χ2v) is 6.09. The lowest BCUT2D eigenvalue weighted by atomic mass is 9.96. The Kier molecular flexibility index (Phi) is 4.68. The summed E-state index contributed by atoms with van der Waals surface area (Å²) in [5.41, 5.74) is 0.726. The van der Waals surface area contributed by atoms with Crippen LogP contribution in [0.15, 0.2) is 12.3 Å². The maximum atomic E-state index is 11.7. The minimum Gasteiger partial charge on any atom is -0.459 e. The summed E-state index contributed by atoms with van der Waals surface area (Å²) in [6.07, 6.45) is 15.7. The molecule has 0 radical (unpaired) electrons. The molecule has 0 amide bonds. The van der Waals surface area contributed by atoms with E-state index in [0.29, 0.717) is 6.04 Å². The topological polar surface area (TPSA) is 57.0 Å². The van der Waals surface area contributed by atoms with Crippen molar-refractivity contribution in [1.29, 1.82) is 0 Å². The summed E-state index contributed by atoms with van der Waals surface area (Å²) >= 11 is 0. The highest BCUT2D eigenvalue weighted by molar-refractivity contribution is 5.86. The summed E-state index contributed by atoms with van der Waals surface area (Å²) in [7, 11) is 0. The van der Waals surface area contributed by atoms with E-state index in [0.717, 1.165) is 31.4 Å². The second-order valence-electron chi connectivity index (χ2n) is 6.09. The molecule has 0 spiro atoms. The molecule has 5 nitrogen and oxygen atoms in total. The molecule has 0 saturated heterocycles. The molecule has 2 aliphatic carbocycles.